The molecule has 0 aliphatic heterocycles. The molecule has 0 amide bonds. The van der Waals surface area contributed by atoms with Crippen molar-refractivity contribution < 1.29 is 0 Å². The van der Waals surface area contributed by atoms with Gasteiger partial charge in [0.05, 0.1) is 0 Å². The predicted octanol–water partition coefficient (Wildman–Crippen LogP) is 10.2. The van der Waals surface area contributed by atoms with Gasteiger partial charge in [0.25, 0.3) is 0 Å². The molecular formula is C36H27N. The fourth-order valence-corrected chi connectivity index (χ4v) is 6.09. The SMILES string of the molecule is CC(C)c1ccc(-c2c3ccccc3c(-c3cccc4ccccc34)c3ccncc23)c2ccccc12. The Bertz CT molecular complexity index is 1900. The zero-order chi connectivity index (χ0) is 24.9. The third-order valence-corrected chi connectivity index (χ3v) is 7.73. The number of benzene rings is 6. The molecule has 0 fully saturated rings. The molecule has 6 aromatic carbocycles. The molecule has 1 nitrogen and oxygen atoms in total. The number of pyridine rings is 1. The Hall–Kier alpha value is -4.49. The van der Waals surface area contributed by atoms with E-state index in [0.717, 1.165) is 0 Å². The van der Waals surface area contributed by atoms with Crippen molar-refractivity contribution in [3.63, 3.8) is 0 Å². The number of fused-ring (bicyclic) bond motifs is 4. The highest BCUT2D eigenvalue weighted by atomic mass is 14.6. The van der Waals surface area contributed by atoms with Crippen LogP contribution in [0.5, 0.6) is 0 Å². The van der Waals surface area contributed by atoms with Crippen LogP contribution in [0.4, 0.5) is 0 Å². The number of rotatable bonds is 3. The van der Waals surface area contributed by atoms with Crippen molar-refractivity contribution in [2.75, 3.05) is 0 Å². The third kappa shape index (κ3) is 3.35. The van der Waals surface area contributed by atoms with Gasteiger partial charge in [-0.05, 0) is 77.5 Å². The van der Waals surface area contributed by atoms with Gasteiger partial charge < -0.3 is 0 Å². The summed E-state index contributed by atoms with van der Waals surface area (Å²) in [4.78, 5) is 4.63. The van der Waals surface area contributed by atoms with Crippen LogP contribution < -0.4 is 0 Å². The molecule has 1 heterocycles. The minimum atomic E-state index is 0.461. The first-order valence-electron chi connectivity index (χ1n) is 13.0. The molecule has 0 saturated heterocycles. The molecular weight excluding hydrogens is 446 g/mol. The van der Waals surface area contributed by atoms with Crippen LogP contribution in [0.3, 0.4) is 0 Å². The van der Waals surface area contributed by atoms with Gasteiger partial charge in [0.2, 0.25) is 0 Å². The van der Waals surface area contributed by atoms with Gasteiger partial charge >= 0.3 is 0 Å². The highest BCUT2D eigenvalue weighted by molar-refractivity contribution is 6.25. The molecule has 7 aromatic rings. The van der Waals surface area contributed by atoms with E-state index in [9.17, 15) is 0 Å². The van der Waals surface area contributed by atoms with E-state index in [2.05, 4.69) is 134 Å². The molecule has 176 valence electrons. The number of hydrogen-bond acceptors (Lipinski definition) is 1. The molecule has 0 aliphatic carbocycles. The molecule has 0 aliphatic rings. The van der Waals surface area contributed by atoms with Crippen LogP contribution in [0, 0.1) is 0 Å². The van der Waals surface area contributed by atoms with Crippen LogP contribution in [0.2, 0.25) is 0 Å². The van der Waals surface area contributed by atoms with E-state index in [1.54, 1.807) is 0 Å². The molecule has 0 N–H and O–H groups in total. The standard InChI is InChI=1S/C36H27N/c1-23(2)25-18-19-32(28-14-6-5-13-27(25)28)36-31-16-8-7-15-30(31)35(33-20-21-37-22-34(33)36)29-17-9-11-24-10-3-4-12-26(24)29/h3-23H,1-2H3. The predicted molar refractivity (Wildman–Crippen MR) is 159 cm³/mol. The monoisotopic (exact) mass is 473 g/mol. The minimum Gasteiger partial charge on any atom is -0.264 e. The van der Waals surface area contributed by atoms with Crippen LogP contribution in [-0.4, -0.2) is 4.98 Å². The second-order valence-electron chi connectivity index (χ2n) is 10.1. The topological polar surface area (TPSA) is 12.9 Å². The van der Waals surface area contributed by atoms with Crippen LogP contribution >= 0.6 is 0 Å². The third-order valence-electron chi connectivity index (χ3n) is 7.73. The molecule has 0 saturated carbocycles. The van der Waals surface area contributed by atoms with Gasteiger partial charge in [-0.25, -0.2) is 0 Å². The second-order valence-corrected chi connectivity index (χ2v) is 10.1. The fraction of sp³-hybridized carbons (Fsp3) is 0.0833. The molecule has 0 bridgehead atoms. The van der Waals surface area contributed by atoms with E-state index in [4.69, 9.17) is 0 Å². The van der Waals surface area contributed by atoms with Gasteiger partial charge in [-0.2, -0.15) is 0 Å². The maximum Gasteiger partial charge on any atom is 0.0353 e. The summed E-state index contributed by atoms with van der Waals surface area (Å²) in [5, 5.41) is 10.1. The van der Waals surface area contributed by atoms with E-state index in [0.29, 0.717) is 5.92 Å². The van der Waals surface area contributed by atoms with Crippen molar-refractivity contribution in [2.45, 2.75) is 19.8 Å². The van der Waals surface area contributed by atoms with Crippen molar-refractivity contribution in [3.05, 3.63) is 127 Å². The van der Waals surface area contributed by atoms with Crippen LogP contribution in [-0.2, 0) is 0 Å². The Morgan fingerprint density at radius 1 is 0.459 bits per heavy atom. The van der Waals surface area contributed by atoms with E-state index in [1.807, 2.05) is 6.20 Å². The maximum atomic E-state index is 4.63. The first kappa shape index (κ1) is 21.8. The van der Waals surface area contributed by atoms with Crippen molar-refractivity contribution in [1.82, 2.24) is 4.98 Å². The van der Waals surface area contributed by atoms with E-state index in [1.165, 1.54) is 70.9 Å². The first-order valence-corrected chi connectivity index (χ1v) is 13.0. The normalized spacial score (nSPS) is 11.8. The van der Waals surface area contributed by atoms with E-state index >= 15 is 0 Å². The Kier molecular flexibility index (Phi) is 5.04. The molecule has 0 spiro atoms. The van der Waals surface area contributed by atoms with Gasteiger partial charge in [0.15, 0.2) is 0 Å². The van der Waals surface area contributed by atoms with Crippen molar-refractivity contribution in [3.8, 4) is 22.3 Å². The summed E-state index contributed by atoms with van der Waals surface area (Å²) in [6.45, 7) is 4.55. The lowest BCUT2D eigenvalue weighted by Crippen LogP contribution is -1.95. The van der Waals surface area contributed by atoms with Gasteiger partial charge in [0, 0.05) is 17.8 Å². The summed E-state index contributed by atoms with van der Waals surface area (Å²) in [6.07, 6.45) is 3.98. The summed E-state index contributed by atoms with van der Waals surface area (Å²) in [5.41, 5.74) is 6.44. The first-order chi connectivity index (χ1) is 18.2. The maximum absolute atomic E-state index is 4.63. The molecule has 1 heteroatoms. The lowest BCUT2D eigenvalue weighted by Gasteiger charge is -2.20. The summed E-state index contributed by atoms with van der Waals surface area (Å²) in [7, 11) is 0. The minimum absolute atomic E-state index is 0.461. The van der Waals surface area contributed by atoms with Crippen LogP contribution in [0.25, 0.3) is 65.3 Å². The summed E-state index contributed by atoms with van der Waals surface area (Å²) in [5.74, 6) is 0.461. The number of nitrogens with zero attached hydrogens (tertiary/aromatic N) is 1. The molecule has 37 heavy (non-hydrogen) atoms. The lowest BCUT2D eigenvalue weighted by atomic mass is 9.83. The lowest BCUT2D eigenvalue weighted by molar-refractivity contribution is 0.876. The van der Waals surface area contributed by atoms with Crippen molar-refractivity contribution in [1.29, 1.82) is 0 Å². The fourth-order valence-electron chi connectivity index (χ4n) is 6.09. The molecule has 0 radical (unpaired) electrons. The van der Waals surface area contributed by atoms with Crippen LogP contribution in [0.15, 0.2) is 122 Å². The average Bonchev–Trinajstić information content (AvgIpc) is 2.95. The van der Waals surface area contributed by atoms with Gasteiger partial charge in [-0.3, -0.25) is 4.98 Å². The average molecular weight is 474 g/mol. The molecule has 0 unspecified atom stereocenters. The number of aromatic nitrogens is 1. The van der Waals surface area contributed by atoms with Crippen molar-refractivity contribution >= 4 is 43.1 Å². The Morgan fingerprint density at radius 2 is 1.03 bits per heavy atom. The second kappa shape index (κ2) is 8.57. The zero-order valence-electron chi connectivity index (χ0n) is 21.1. The van der Waals surface area contributed by atoms with Gasteiger partial charge in [0.1, 0.15) is 0 Å². The van der Waals surface area contributed by atoms with Crippen LogP contribution in [0.1, 0.15) is 25.3 Å². The Morgan fingerprint density at radius 3 is 1.78 bits per heavy atom. The summed E-state index contributed by atoms with van der Waals surface area (Å²) < 4.78 is 0. The molecule has 7 rings (SSSR count). The smallest absolute Gasteiger partial charge is 0.0353 e. The van der Waals surface area contributed by atoms with E-state index in [-0.39, 0.29) is 0 Å². The molecule has 0 atom stereocenters. The van der Waals surface area contributed by atoms with Gasteiger partial charge in [-0.1, -0.05) is 117 Å². The van der Waals surface area contributed by atoms with Crippen molar-refractivity contribution in [2.24, 2.45) is 0 Å². The quantitative estimate of drug-likeness (QED) is 0.233. The van der Waals surface area contributed by atoms with Gasteiger partial charge in [-0.15, -0.1) is 0 Å². The number of hydrogen-bond donors (Lipinski definition) is 0. The molecule has 1 aromatic heterocycles. The zero-order valence-corrected chi connectivity index (χ0v) is 21.1. The highest BCUT2D eigenvalue weighted by Crippen LogP contribution is 2.46. The Balaban J connectivity index is 1.67. The summed E-state index contributed by atoms with van der Waals surface area (Å²) in [6, 6.07) is 39.8. The summed E-state index contributed by atoms with van der Waals surface area (Å²) >= 11 is 0. The highest BCUT2D eigenvalue weighted by Gasteiger charge is 2.20. The van der Waals surface area contributed by atoms with E-state index < -0.39 is 0 Å². The largest absolute Gasteiger partial charge is 0.264 e. The Labute approximate surface area is 217 Å².